The van der Waals surface area contributed by atoms with Gasteiger partial charge in [-0.15, -0.1) is 0 Å². The lowest BCUT2D eigenvalue weighted by Crippen LogP contribution is -2.18. The Labute approximate surface area is 54.1 Å². The maximum Gasteiger partial charge on any atom is 0.441 e. The molecule has 0 spiro atoms. The van der Waals surface area contributed by atoms with Crippen LogP contribution in [-0.4, -0.2) is 9.46 Å². The van der Waals surface area contributed by atoms with Gasteiger partial charge in [0.15, 0.2) is 0 Å². The topological polar surface area (TPSA) is 0 Å². The first-order valence-corrected chi connectivity index (χ1v) is 4.09. The van der Waals surface area contributed by atoms with Gasteiger partial charge in [0.25, 0.3) is 0 Å². The Morgan fingerprint density at radius 2 is 1.56 bits per heavy atom. The highest BCUT2D eigenvalue weighted by Crippen LogP contribution is 1.89. The van der Waals surface area contributed by atoms with E-state index in [-0.39, 0.29) is 5.19 Å². The first kappa shape index (κ1) is 6.42. The van der Waals surface area contributed by atoms with Crippen molar-refractivity contribution in [1.29, 1.82) is 0 Å². The molecule has 1 rings (SSSR count). The summed E-state index contributed by atoms with van der Waals surface area (Å²) in [5, 5.41) is 0.220. The Morgan fingerprint density at radius 1 is 1.00 bits per heavy atom. The first-order chi connectivity index (χ1) is 4.30. The van der Waals surface area contributed by atoms with Gasteiger partial charge in [0.05, 0.1) is 0 Å². The molecular weight excluding hydrogens is 138 g/mol. The highest BCUT2D eigenvalue weighted by Gasteiger charge is 2.08. The van der Waals surface area contributed by atoms with Gasteiger partial charge >= 0.3 is 9.46 Å². The Kier molecular flexibility index (Phi) is 1.95. The van der Waals surface area contributed by atoms with E-state index in [0.717, 1.165) is 0 Å². The third kappa shape index (κ3) is 1.60. The van der Waals surface area contributed by atoms with Crippen molar-refractivity contribution in [2.24, 2.45) is 0 Å². The van der Waals surface area contributed by atoms with E-state index in [1.165, 1.54) is 12.1 Å². The minimum absolute atomic E-state index is 0.220. The molecule has 1 aromatic carbocycles. The molecule has 0 amide bonds. The second-order valence-corrected chi connectivity index (χ2v) is 2.98. The van der Waals surface area contributed by atoms with Crippen LogP contribution in [0.1, 0.15) is 0 Å². The SMILES string of the molecule is F[SiH](F)c1ccccc1. The molecule has 0 nitrogen and oxygen atoms in total. The minimum Gasteiger partial charge on any atom is -0.269 e. The van der Waals surface area contributed by atoms with Crippen LogP contribution in [0.2, 0.25) is 0 Å². The fourth-order valence-electron chi connectivity index (χ4n) is 0.599. The highest BCUT2D eigenvalue weighted by atomic mass is 28.4. The van der Waals surface area contributed by atoms with E-state index in [1.807, 2.05) is 0 Å². The third-order valence-corrected chi connectivity index (χ3v) is 1.94. The molecule has 3 heteroatoms. The Morgan fingerprint density at radius 3 is 1.89 bits per heavy atom. The monoisotopic (exact) mass is 144 g/mol. The van der Waals surface area contributed by atoms with E-state index in [2.05, 4.69) is 0 Å². The molecule has 0 aliphatic heterocycles. The molecule has 0 unspecified atom stereocenters. The molecule has 0 atom stereocenters. The number of rotatable bonds is 1. The fourth-order valence-corrected chi connectivity index (χ4v) is 1.11. The van der Waals surface area contributed by atoms with Crippen molar-refractivity contribution >= 4 is 14.7 Å². The highest BCUT2D eigenvalue weighted by molar-refractivity contribution is 6.59. The van der Waals surface area contributed by atoms with Gasteiger partial charge in [-0.25, -0.2) is 0 Å². The van der Waals surface area contributed by atoms with E-state index in [9.17, 15) is 8.22 Å². The summed E-state index contributed by atoms with van der Waals surface area (Å²) < 4.78 is 23.8. The van der Waals surface area contributed by atoms with Gasteiger partial charge in [0.1, 0.15) is 0 Å². The molecule has 0 saturated heterocycles. The van der Waals surface area contributed by atoms with Gasteiger partial charge in [-0.3, -0.25) is 8.22 Å². The molecule has 48 valence electrons. The van der Waals surface area contributed by atoms with Crippen LogP contribution in [0.15, 0.2) is 30.3 Å². The van der Waals surface area contributed by atoms with Gasteiger partial charge in [-0.05, 0) is 5.19 Å². The predicted molar refractivity (Wildman–Crippen MR) is 35.4 cm³/mol. The summed E-state index contributed by atoms with van der Waals surface area (Å²) in [5.74, 6) is 0. The average molecular weight is 144 g/mol. The molecule has 0 aliphatic carbocycles. The normalized spacial score (nSPS) is 10.1. The van der Waals surface area contributed by atoms with E-state index >= 15 is 0 Å². The lowest BCUT2D eigenvalue weighted by molar-refractivity contribution is 0.685. The fraction of sp³-hybridized carbons (Fsp3) is 0. The zero-order valence-electron chi connectivity index (χ0n) is 4.72. The molecular formula is C6H6F2Si. The summed E-state index contributed by atoms with van der Waals surface area (Å²) in [7, 11) is -3.53. The van der Waals surface area contributed by atoms with Crippen molar-refractivity contribution < 1.29 is 8.22 Å². The van der Waals surface area contributed by atoms with Crippen molar-refractivity contribution in [3.8, 4) is 0 Å². The average Bonchev–Trinajstić information content (AvgIpc) is 1.90. The molecule has 0 saturated carbocycles. The van der Waals surface area contributed by atoms with Crippen LogP contribution in [0.3, 0.4) is 0 Å². The minimum atomic E-state index is -3.53. The van der Waals surface area contributed by atoms with E-state index < -0.39 is 9.46 Å². The summed E-state index contributed by atoms with van der Waals surface area (Å²) in [6.45, 7) is 0. The summed E-state index contributed by atoms with van der Waals surface area (Å²) in [5.41, 5.74) is 0. The predicted octanol–water partition coefficient (Wildman–Crippen LogP) is 1.05. The van der Waals surface area contributed by atoms with Crippen LogP contribution in [0, 0.1) is 0 Å². The second-order valence-electron chi connectivity index (χ2n) is 1.71. The molecule has 9 heavy (non-hydrogen) atoms. The van der Waals surface area contributed by atoms with Crippen LogP contribution in [0.25, 0.3) is 0 Å². The second kappa shape index (κ2) is 2.73. The van der Waals surface area contributed by atoms with Crippen LogP contribution in [-0.2, 0) is 0 Å². The van der Waals surface area contributed by atoms with Crippen molar-refractivity contribution in [3.63, 3.8) is 0 Å². The molecule has 0 aliphatic rings. The molecule has 0 N–H and O–H groups in total. The standard InChI is InChI=1S/C6H6F2Si/c7-9(8)6-4-2-1-3-5-6/h1-5,9H. The van der Waals surface area contributed by atoms with Gasteiger partial charge in [-0.2, -0.15) is 0 Å². The summed E-state index contributed by atoms with van der Waals surface area (Å²) in [6, 6.07) is 7.94. The number of hydrogen-bond donors (Lipinski definition) is 0. The molecule has 1 aromatic rings. The molecule has 0 heterocycles. The van der Waals surface area contributed by atoms with Crippen molar-refractivity contribution in [1.82, 2.24) is 0 Å². The quantitative estimate of drug-likeness (QED) is 0.408. The maximum absolute atomic E-state index is 11.9. The number of benzene rings is 1. The van der Waals surface area contributed by atoms with Crippen molar-refractivity contribution in [3.05, 3.63) is 30.3 Å². The number of hydrogen-bond acceptors (Lipinski definition) is 0. The number of halogens is 2. The molecule has 0 bridgehead atoms. The van der Waals surface area contributed by atoms with E-state index in [4.69, 9.17) is 0 Å². The summed E-state index contributed by atoms with van der Waals surface area (Å²) in [6.07, 6.45) is 0. The summed E-state index contributed by atoms with van der Waals surface area (Å²) in [4.78, 5) is 0. The zero-order valence-corrected chi connectivity index (χ0v) is 5.87. The van der Waals surface area contributed by atoms with Crippen LogP contribution < -0.4 is 5.19 Å². The molecule has 0 radical (unpaired) electrons. The lowest BCUT2D eigenvalue weighted by atomic mass is 10.4. The van der Waals surface area contributed by atoms with Gasteiger partial charge in [-0.1, -0.05) is 30.3 Å². The zero-order chi connectivity index (χ0) is 6.69. The van der Waals surface area contributed by atoms with Crippen LogP contribution in [0.5, 0.6) is 0 Å². The molecule has 0 aromatic heterocycles. The van der Waals surface area contributed by atoms with Crippen LogP contribution >= 0.6 is 0 Å². The van der Waals surface area contributed by atoms with E-state index in [0.29, 0.717) is 0 Å². The third-order valence-electron chi connectivity index (χ3n) is 1.05. The van der Waals surface area contributed by atoms with Gasteiger partial charge < -0.3 is 0 Å². The van der Waals surface area contributed by atoms with Crippen LogP contribution in [0.4, 0.5) is 8.22 Å². The smallest absolute Gasteiger partial charge is 0.269 e. The van der Waals surface area contributed by atoms with Gasteiger partial charge in [0, 0.05) is 0 Å². The Bertz CT molecular complexity index is 174. The Balaban J connectivity index is 2.85. The van der Waals surface area contributed by atoms with E-state index in [1.54, 1.807) is 18.2 Å². The molecule has 0 fully saturated rings. The lowest BCUT2D eigenvalue weighted by Gasteiger charge is -1.92. The Hall–Kier alpha value is -0.703. The van der Waals surface area contributed by atoms with Crippen molar-refractivity contribution in [2.75, 3.05) is 0 Å². The summed E-state index contributed by atoms with van der Waals surface area (Å²) >= 11 is 0. The van der Waals surface area contributed by atoms with Crippen molar-refractivity contribution in [2.45, 2.75) is 0 Å². The maximum atomic E-state index is 11.9. The largest absolute Gasteiger partial charge is 0.441 e. The van der Waals surface area contributed by atoms with Gasteiger partial charge in [0.2, 0.25) is 0 Å². The first-order valence-electron chi connectivity index (χ1n) is 2.64.